The highest BCUT2D eigenvalue weighted by Crippen LogP contribution is 2.28. The third kappa shape index (κ3) is 4.73. The Balaban J connectivity index is 0.00000200. The van der Waals surface area contributed by atoms with Crippen molar-refractivity contribution in [2.45, 2.75) is 18.9 Å². The molecule has 0 spiro atoms. The van der Waals surface area contributed by atoms with Crippen molar-refractivity contribution >= 4 is 30.7 Å². The largest absolute Gasteiger partial charge is 0.469 e. The number of amides is 1. The first kappa shape index (κ1) is 20.0. The van der Waals surface area contributed by atoms with Crippen molar-refractivity contribution in [1.82, 2.24) is 14.8 Å². The molecule has 1 atom stereocenters. The number of carbonyl (C=O) groups is 1. The lowest BCUT2D eigenvalue weighted by atomic mass is 10.0. The van der Waals surface area contributed by atoms with Crippen LogP contribution < -0.4 is 4.74 Å². The van der Waals surface area contributed by atoms with Gasteiger partial charge in [0.05, 0.1) is 6.54 Å². The minimum atomic E-state index is -0.408. The van der Waals surface area contributed by atoms with Gasteiger partial charge in [-0.1, -0.05) is 0 Å². The van der Waals surface area contributed by atoms with Crippen LogP contribution in [0.1, 0.15) is 23.7 Å². The predicted octanol–water partition coefficient (Wildman–Crippen LogP) is 2.10. The summed E-state index contributed by atoms with van der Waals surface area (Å²) in [6.45, 7) is 3.50. The SMILES string of the molecule is CN(C)CCC1(C)CN(C)C(=O)c2cccnc2O1.Cl.Cl. The van der Waals surface area contributed by atoms with Crippen molar-refractivity contribution in [1.29, 1.82) is 0 Å². The first-order valence-electron chi connectivity index (χ1n) is 6.45. The highest BCUT2D eigenvalue weighted by molar-refractivity contribution is 5.96. The third-order valence-corrected chi connectivity index (χ3v) is 3.35. The maximum atomic E-state index is 12.3. The third-order valence-electron chi connectivity index (χ3n) is 3.35. The van der Waals surface area contributed by atoms with Crippen LogP contribution in [0.5, 0.6) is 5.88 Å². The second kappa shape index (κ2) is 7.82. The van der Waals surface area contributed by atoms with Crippen molar-refractivity contribution in [2.24, 2.45) is 0 Å². The lowest BCUT2D eigenvalue weighted by molar-refractivity contribution is 0.0399. The van der Waals surface area contributed by atoms with Gasteiger partial charge in [0.15, 0.2) is 0 Å². The van der Waals surface area contributed by atoms with E-state index in [9.17, 15) is 4.79 Å². The van der Waals surface area contributed by atoms with Gasteiger partial charge in [-0.15, -0.1) is 24.8 Å². The summed E-state index contributed by atoms with van der Waals surface area (Å²) in [4.78, 5) is 20.3. The van der Waals surface area contributed by atoms with Crippen LogP contribution in [0.2, 0.25) is 0 Å². The normalized spacial score (nSPS) is 20.8. The fraction of sp³-hybridized carbons (Fsp3) is 0.571. The number of nitrogens with zero attached hydrogens (tertiary/aromatic N) is 3. The van der Waals surface area contributed by atoms with Crippen LogP contribution in [-0.2, 0) is 0 Å². The summed E-state index contributed by atoms with van der Waals surface area (Å²) < 4.78 is 6.04. The van der Waals surface area contributed by atoms with Crippen molar-refractivity contribution in [3.63, 3.8) is 0 Å². The first-order valence-corrected chi connectivity index (χ1v) is 6.45. The van der Waals surface area contributed by atoms with E-state index in [4.69, 9.17) is 4.74 Å². The van der Waals surface area contributed by atoms with Crippen LogP contribution in [0.25, 0.3) is 0 Å². The summed E-state index contributed by atoms with van der Waals surface area (Å²) in [6, 6.07) is 3.52. The van der Waals surface area contributed by atoms with E-state index in [0.717, 1.165) is 13.0 Å². The molecule has 1 aromatic rings. The second-order valence-electron chi connectivity index (χ2n) is 5.62. The summed E-state index contributed by atoms with van der Waals surface area (Å²) in [5, 5.41) is 0. The van der Waals surface area contributed by atoms with Crippen molar-refractivity contribution in [2.75, 3.05) is 34.2 Å². The highest BCUT2D eigenvalue weighted by atomic mass is 35.5. The van der Waals surface area contributed by atoms with Gasteiger partial charge in [0.1, 0.15) is 11.2 Å². The average molecular weight is 336 g/mol. The highest BCUT2D eigenvalue weighted by Gasteiger charge is 2.35. The second-order valence-corrected chi connectivity index (χ2v) is 5.62. The summed E-state index contributed by atoms with van der Waals surface area (Å²) >= 11 is 0. The summed E-state index contributed by atoms with van der Waals surface area (Å²) in [5.41, 5.74) is 0.132. The Kier molecular flexibility index (Phi) is 7.44. The minimum Gasteiger partial charge on any atom is -0.469 e. The summed E-state index contributed by atoms with van der Waals surface area (Å²) in [7, 11) is 5.87. The topological polar surface area (TPSA) is 45.7 Å². The molecule has 2 heterocycles. The molecule has 21 heavy (non-hydrogen) atoms. The van der Waals surface area contributed by atoms with Gasteiger partial charge in [-0.05, 0) is 33.2 Å². The zero-order valence-corrected chi connectivity index (χ0v) is 14.5. The van der Waals surface area contributed by atoms with E-state index in [0.29, 0.717) is 18.0 Å². The van der Waals surface area contributed by atoms with Crippen LogP contribution in [-0.4, -0.2) is 60.5 Å². The molecule has 1 unspecified atom stereocenters. The Morgan fingerprint density at radius 3 is 2.71 bits per heavy atom. The van der Waals surface area contributed by atoms with E-state index >= 15 is 0 Å². The molecule has 0 radical (unpaired) electrons. The first-order chi connectivity index (χ1) is 8.91. The molecule has 7 heteroatoms. The number of fused-ring (bicyclic) bond motifs is 1. The van der Waals surface area contributed by atoms with Crippen LogP contribution in [0.15, 0.2) is 18.3 Å². The average Bonchev–Trinajstić information content (AvgIpc) is 2.44. The Morgan fingerprint density at radius 1 is 1.43 bits per heavy atom. The molecule has 1 amide bonds. The molecule has 0 fully saturated rings. The van der Waals surface area contributed by atoms with Crippen LogP contribution in [0, 0.1) is 0 Å². The predicted molar refractivity (Wildman–Crippen MR) is 87.9 cm³/mol. The summed E-state index contributed by atoms with van der Waals surface area (Å²) in [6.07, 6.45) is 2.50. The maximum absolute atomic E-state index is 12.3. The van der Waals surface area contributed by atoms with Crippen molar-refractivity contribution in [3.05, 3.63) is 23.9 Å². The molecule has 0 saturated carbocycles. The number of pyridine rings is 1. The van der Waals surface area contributed by atoms with E-state index in [1.54, 1.807) is 23.2 Å². The number of halogens is 2. The Hall–Kier alpha value is -1.04. The number of hydrogen-bond donors (Lipinski definition) is 0. The maximum Gasteiger partial charge on any atom is 0.259 e. The van der Waals surface area contributed by atoms with E-state index in [-0.39, 0.29) is 30.7 Å². The molecule has 1 aliphatic rings. The molecule has 0 bridgehead atoms. The van der Waals surface area contributed by atoms with E-state index in [2.05, 4.69) is 9.88 Å². The van der Waals surface area contributed by atoms with Gasteiger partial charge < -0.3 is 14.5 Å². The van der Waals surface area contributed by atoms with Crippen molar-refractivity contribution < 1.29 is 9.53 Å². The Bertz CT molecular complexity index is 485. The number of ether oxygens (including phenoxy) is 1. The molecular formula is C14H23Cl2N3O2. The molecule has 120 valence electrons. The molecule has 0 aromatic carbocycles. The number of aromatic nitrogens is 1. The molecule has 1 aromatic heterocycles. The van der Waals surface area contributed by atoms with Gasteiger partial charge in [-0.3, -0.25) is 4.79 Å². The van der Waals surface area contributed by atoms with E-state index in [1.807, 2.05) is 28.1 Å². The van der Waals surface area contributed by atoms with Crippen LogP contribution >= 0.6 is 24.8 Å². The lowest BCUT2D eigenvalue weighted by Crippen LogP contribution is -2.45. The number of hydrogen-bond acceptors (Lipinski definition) is 4. The monoisotopic (exact) mass is 335 g/mol. The fourth-order valence-corrected chi connectivity index (χ4v) is 2.27. The van der Waals surface area contributed by atoms with Gasteiger partial charge in [0.25, 0.3) is 5.91 Å². The fourth-order valence-electron chi connectivity index (χ4n) is 2.27. The molecule has 0 saturated heterocycles. The smallest absolute Gasteiger partial charge is 0.259 e. The Morgan fingerprint density at radius 2 is 2.10 bits per heavy atom. The zero-order valence-electron chi connectivity index (χ0n) is 12.8. The van der Waals surface area contributed by atoms with Crippen molar-refractivity contribution in [3.8, 4) is 5.88 Å². The summed E-state index contributed by atoms with van der Waals surface area (Å²) in [5.74, 6) is 0.412. The van der Waals surface area contributed by atoms with Gasteiger partial charge >= 0.3 is 0 Å². The minimum absolute atomic E-state index is 0. The van der Waals surface area contributed by atoms with E-state index in [1.165, 1.54) is 0 Å². The van der Waals surface area contributed by atoms with Crippen LogP contribution in [0.4, 0.5) is 0 Å². The van der Waals surface area contributed by atoms with Gasteiger partial charge in [-0.25, -0.2) is 4.98 Å². The molecular weight excluding hydrogens is 313 g/mol. The zero-order chi connectivity index (χ0) is 14.0. The molecule has 2 rings (SSSR count). The Labute approximate surface area is 138 Å². The molecule has 1 aliphatic heterocycles. The molecule has 0 N–H and O–H groups in total. The molecule has 5 nitrogen and oxygen atoms in total. The van der Waals surface area contributed by atoms with E-state index < -0.39 is 5.60 Å². The van der Waals surface area contributed by atoms with Gasteiger partial charge in [-0.2, -0.15) is 0 Å². The quantitative estimate of drug-likeness (QED) is 0.848. The molecule has 0 aliphatic carbocycles. The van der Waals surface area contributed by atoms with Gasteiger partial charge in [0, 0.05) is 26.2 Å². The standard InChI is InChI=1S/C14H21N3O2.2ClH/c1-14(7-9-16(2)3)10-17(4)13(18)11-6-5-8-15-12(11)19-14;;/h5-6,8H,7,9-10H2,1-4H3;2*1H. The number of likely N-dealkylation sites (N-methyl/N-ethyl adjacent to an activating group) is 1. The number of carbonyl (C=O) groups excluding carboxylic acids is 1. The van der Waals surface area contributed by atoms with Crippen LogP contribution in [0.3, 0.4) is 0 Å². The number of rotatable bonds is 3. The lowest BCUT2D eigenvalue weighted by Gasteiger charge is -2.32. The van der Waals surface area contributed by atoms with Gasteiger partial charge in [0.2, 0.25) is 5.88 Å².